The first-order chi connectivity index (χ1) is 13.8. The van der Waals surface area contributed by atoms with Crippen LogP contribution in [0.5, 0.6) is 0 Å². The van der Waals surface area contributed by atoms with Crippen LogP contribution < -0.4 is 21.5 Å². The summed E-state index contributed by atoms with van der Waals surface area (Å²) in [7, 11) is 0. The number of nitrogens with one attached hydrogen (secondary N) is 3. The van der Waals surface area contributed by atoms with E-state index in [4.69, 9.17) is 9.72 Å². The first-order valence-corrected chi connectivity index (χ1v) is 9.64. The maximum atomic E-state index is 12.7. The van der Waals surface area contributed by atoms with Gasteiger partial charge in [-0.25, -0.2) is 14.8 Å². The van der Waals surface area contributed by atoms with Crippen LogP contribution in [0, 0.1) is 5.41 Å². The summed E-state index contributed by atoms with van der Waals surface area (Å²) in [6.45, 7) is 7.05. The normalized spacial score (nSPS) is 20.8. The Kier molecular flexibility index (Phi) is 4.95. The van der Waals surface area contributed by atoms with Gasteiger partial charge in [-0.1, -0.05) is 13.8 Å². The minimum Gasteiger partial charge on any atom is -0.378 e. The van der Waals surface area contributed by atoms with Crippen LogP contribution in [0.15, 0.2) is 21.9 Å². The zero-order valence-electron chi connectivity index (χ0n) is 16.4. The Morgan fingerprint density at radius 2 is 2.03 bits per heavy atom. The lowest BCUT2D eigenvalue weighted by Crippen LogP contribution is -2.40. The lowest BCUT2D eigenvalue weighted by molar-refractivity contribution is 0.0913. The number of ether oxygens (including phenoxy) is 1. The fraction of sp³-hybridized carbons (Fsp3) is 0.526. The van der Waals surface area contributed by atoms with E-state index in [1.807, 2.05) is 0 Å². The predicted molar refractivity (Wildman–Crippen MR) is 105 cm³/mol. The minimum absolute atomic E-state index is 0.0745. The van der Waals surface area contributed by atoms with Gasteiger partial charge in [-0.05, 0) is 18.3 Å². The van der Waals surface area contributed by atoms with E-state index in [0.29, 0.717) is 25.6 Å². The summed E-state index contributed by atoms with van der Waals surface area (Å²) in [5.41, 5.74) is 0.273. The maximum Gasteiger partial charge on any atom is 0.326 e. The van der Waals surface area contributed by atoms with Crippen LogP contribution in [0.1, 0.15) is 48.1 Å². The van der Waals surface area contributed by atoms with Crippen molar-refractivity contribution >= 4 is 11.9 Å². The number of fused-ring (bicyclic) bond motifs is 1. The Morgan fingerprint density at radius 1 is 1.28 bits per heavy atom. The van der Waals surface area contributed by atoms with Crippen LogP contribution in [0.25, 0.3) is 0 Å². The largest absolute Gasteiger partial charge is 0.378 e. The second-order valence-electron chi connectivity index (χ2n) is 8.24. The molecule has 29 heavy (non-hydrogen) atoms. The summed E-state index contributed by atoms with van der Waals surface area (Å²) in [5.74, 6) is 0.160. The highest BCUT2D eigenvalue weighted by molar-refractivity contribution is 5.92. The standard InChI is InChI=1S/C19H24N6O4/c1-19(2)8-13(21-16(27)12-7-15(26)24-18(28)23-12)11-10-20-17(22-14(11)9-19)25-3-5-29-6-4-25/h7,10,13H,3-6,8-9H2,1-2H3,(H,21,27)(H2,23,24,26,28)/t13-/m1/s1. The highest BCUT2D eigenvalue weighted by Crippen LogP contribution is 2.40. The molecular formula is C19H24N6O4. The van der Waals surface area contributed by atoms with Crippen molar-refractivity contribution in [3.63, 3.8) is 0 Å². The molecule has 1 atom stereocenters. The number of nitrogens with zero attached hydrogens (tertiary/aromatic N) is 3. The van der Waals surface area contributed by atoms with Crippen LogP contribution in [0.3, 0.4) is 0 Å². The summed E-state index contributed by atoms with van der Waals surface area (Å²) in [5, 5.41) is 2.92. The Bertz CT molecular complexity index is 1010. The highest BCUT2D eigenvalue weighted by atomic mass is 16.5. The molecule has 0 bridgehead atoms. The monoisotopic (exact) mass is 400 g/mol. The Morgan fingerprint density at radius 3 is 2.76 bits per heavy atom. The fourth-order valence-electron chi connectivity index (χ4n) is 3.91. The molecule has 4 rings (SSSR count). The molecule has 0 aromatic carbocycles. The van der Waals surface area contributed by atoms with Gasteiger partial charge in [-0.15, -0.1) is 0 Å². The van der Waals surface area contributed by atoms with Crippen LogP contribution >= 0.6 is 0 Å². The van der Waals surface area contributed by atoms with E-state index in [1.165, 1.54) is 0 Å². The molecule has 1 aliphatic carbocycles. The molecule has 2 aliphatic rings. The van der Waals surface area contributed by atoms with Gasteiger partial charge in [-0.2, -0.15) is 0 Å². The molecule has 1 saturated heterocycles. The third kappa shape index (κ3) is 4.21. The SMILES string of the molecule is CC1(C)Cc2nc(N3CCOCC3)ncc2[C@H](NC(=O)c2cc(=O)[nH]c(=O)[nH]2)C1. The number of aromatic amines is 2. The zero-order chi connectivity index (χ0) is 20.6. The molecule has 1 fully saturated rings. The number of carbonyl (C=O) groups is 1. The van der Waals surface area contributed by atoms with Gasteiger partial charge in [0.25, 0.3) is 11.5 Å². The van der Waals surface area contributed by atoms with Gasteiger partial charge >= 0.3 is 5.69 Å². The molecular weight excluding hydrogens is 376 g/mol. The minimum atomic E-state index is -0.717. The van der Waals surface area contributed by atoms with Gasteiger partial charge < -0.3 is 19.9 Å². The van der Waals surface area contributed by atoms with Gasteiger partial charge in [0.1, 0.15) is 5.69 Å². The molecule has 0 saturated carbocycles. The molecule has 0 unspecified atom stereocenters. The first-order valence-electron chi connectivity index (χ1n) is 9.64. The maximum absolute atomic E-state index is 12.7. The lowest BCUT2D eigenvalue weighted by atomic mass is 9.74. The molecule has 2 aromatic rings. The van der Waals surface area contributed by atoms with Crippen molar-refractivity contribution in [2.45, 2.75) is 32.7 Å². The van der Waals surface area contributed by atoms with Gasteiger partial charge in [0.05, 0.1) is 24.9 Å². The first kappa shape index (κ1) is 19.3. The van der Waals surface area contributed by atoms with Crippen LogP contribution in [-0.2, 0) is 11.2 Å². The van der Waals surface area contributed by atoms with Gasteiger partial charge in [-0.3, -0.25) is 14.6 Å². The van der Waals surface area contributed by atoms with E-state index in [9.17, 15) is 14.4 Å². The van der Waals surface area contributed by atoms with Crippen molar-refractivity contribution in [3.05, 3.63) is 50.1 Å². The molecule has 0 radical (unpaired) electrons. The average Bonchev–Trinajstić information content (AvgIpc) is 2.66. The van der Waals surface area contributed by atoms with Gasteiger partial charge in [0, 0.05) is 30.9 Å². The summed E-state index contributed by atoms with van der Waals surface area (Å²) in [4.78, 5) is 51.5. The van der Waals surface area contributed by atoms with E-state index in [0.717, 1.165) is 36.8 Å². The van der Waals surface area contributed by atoms with E-state index in [1.54, 1.807) is 6.20 Å². The van der Waals surface area contributed by atoms with Crippen molar-refractivity contribution in [2.24, 2.45) is 5.41 Å². The van der Waals surface area contributed by atoms with Gasteiger partial charge in [0.15, 0.2) is 0 Å². The summed E-state index contributed by atoms with van der Waals surface area (Å²) in [6, 6.07) is 0.756. The lowest BCUT2D eigenvalue weighted by Gasteiger charge is -2.37. The highest BCUT2D eigenvalue weighted by Gasteiger charge is 2.35. The number of amides is 1. The van der Waals surface area contributed by atoms with E-state index >= 15 is 0 Å². The number of hydrogen-bond acceptors (Lipinski definition) is 7. The molecule has 154 valence electrons. The smallest absolute Gasteiger partial charge is 0.326 e. The molecule has 3 N–H and O–H groups in total. The second kappa shape index (κ2) is 7.43. The summed E-state index contributed by atoms with van der Waals surface area (Å²) < 4.78 is 5.39. The van der Waals surface area contributed by atoms with Gasteiger partial charge in [0.2, 0.25) is 5.95 Å². The Hall–Kier alpha value is -3.01. The van der Waals surface area contributed by atoms with Crippen LogP contribution in [0.2, 0.25) is 0 Å². The average molecular weight is 400 g/mol. The molecule has 3 heterocycles. The molecule has 1 aliphatic heterocycles. The third-order valence-electron chi connectivity index (χ3n) is 5.27. The number of H-pyrrole nitrogens is 2. The van der Waals surface area contributed by atoms with Crippen molar-refractivity contribution in [3.8, 4) is 0 Å². The van der Waals surface area contributed by atoms with Crippen LogP contribution in [-0.4, -0.2) is 52.1 Å². The molecule has 10 heteroatoms. The Labute approximate surface area is 166 Å². The molecule has 0 spiro atoms. The molecule has 2 aromatic heterocycles. The molecule has 10 nitrogen and oxygen atoms in total. The fourth-order valence-corrected chi connectivity index (χ4v) is 3.91. The van der Waals surface area contributed by atoms with Crippen molar-refractivity contribution in [1.82, 2.24) is 25.3 Å². The zero-order valence-corrected chi connectivity index (χ0v) is 16.4. The van der Waals surface area contributed by atoms with Crippen molar-refractivity contribution in [2.75, 3.05) is 31.2 Å². The number of hydrogen-bond donors (Lipinski definition) is 3. The number of morpholine rings is 1. The van der Waals surface area contributed by atoms with Crippen LogP contribution in [0.4, 0.5) is 5.95 Å². The summed E-state index contributed by atoms with van der Waals surface area (Å²) in [6.07, 6.45) is 3.24. The van der Waals surface area contributed by atoms with Crippen molar-refractivity contribution in [1.29, 1.82) is 0 Å². The number of aromatic nitrogens is 4. The second-order valence-corrected chi connectivity index (χ2v) is 8.24. The quantitative estimate of drug-likeness (QED) is 0.667. The number of rotatable bonds is 3. The van der Waals surface area contributed by atoms with Crippen molar-refractivity contribution < 1.29 is 9.53 Å². The number of carbonyl (C=O) groups excluding carboxylic acids is 1. The Balaban J connectivity index is 1.62. The summed E-state index contributed by atoms with van der Waals surface area (Å²) >= 11 is 0. The topological polar surface area (TPSA) is 133 Å². The molecule has 1 amide bonds. The predicted octanol–water partition coefficient (Wildman–Crippen LogP) is 0.133. The third-order valence-corrected chi connectivity index (χ3v) is 5.27. The van der Waals surface area contributed by atoms with E-state index in [2.05, 4.69) is 39.0 Å². The van der Waals surface area contributed by atoms with E-state index in [-0.39, 0.29) is 17.2 Å². The number of anilines is 1. The van der Waals surface area contributed by atoms with E-state index < -0.39 is 17.2 Å².